The Morgan fingerprint density at radius 3 is 2.76 bits per heavy atom. The van der Waals surface area contributed by atoms with Gasteiger partial charge in [-0.15, -0.1) is 0 Å². The summed E-state index contributed by atoms with van der Waals surface area (Å²) in [5.74, 6) is 0. The van der Waals surface area contributed by atoms with E-state index in [4.69, 9.17) is 4.74 Å². The molecule has 4 nitrogen and oxygen atoms in total. The zero-order valence-electron chi connectivity index (χ0n) is 11.3. The summed E-state index contributed by atoms with van der Waals surface area (Å²) in [4.78, 5) is 5.24. The SMILES string of the molecule is CNC(C)CCN1CCC(N2CCOCC2)C1. The molecule has 4 heteroatoms. The van der Waals surface area contributed by atoms with Gasteiger partial charge < -0.3 is 15.0 Å². The number of hydrogen-bond donors (Lipinski definition) is 1. The summed E-state index contributed by atoms with van der Waals surface area (Å²) in [7, 11) is 2.05. The van der Waals surface area contributed by atoms with E-state index in [9.17, 15) is 0 Å². The molecule has 2 fully saturated rings. The average molecular weight is 241 g/mol. The molecule has 1 N–H and O–H groups in total. The molecule has 2 unspecified atom stereocenters. The van der Waals surface area contributed by atoms with Gasteiger partial charge in [-0.2, -0.15) is 0 Å². The van der Waals surface area contributed by atoms with Crippen molar-refractivity contribution in [3.8, 4) is 0 Å². The highest BCUT2D eigenvalue weighted by Crippen LogP contribution is 2.17. The maximum atomic E-state index is 5.42. The number of likely N-dealkylation sites (tertiary alicyclic amines) is 1. The summed E-state index contributed by atoms with van der Waals surface area (Å²) in [6.07, 6.45) is 2.60. The first kappa shape index (κ1) is 13.3. The van der Waals surface area contributed by atoms with Crippen molar-refractivity contribution in [3.63, 3.8) is 0 Å². The molecule has 2 heterocycles. The van der Waals surface area contributed by atoms with Crippen molar-refractivity contribution in [2.45, 2.75) is 31.8 Å². The van der Waals surface area contributed by atoms with Gasteiger partial charge in [-0.3, -0.25) is 4.90 Å². The first-order chi connectivity index (χ1) is 8.29. The van der Waals surface area contributed by atoms with Crippen LogP contribution in [0.2, 0.25) is 0 Å². The van der Waals surface area contributed by atoms with Crippen molar-refractivity contribution in [1.82, 2.24) is 15.1 Å². The highest BCUT2D eigenvalue weighted by molar-refractivity contribution is 4.84. The third-order valence-electron chi connectivity index (χ3n) is 4.18. The molecule has 0 radical (unpaired) electrons. The fourth-order valence-corrected chi connectivity index (χ4v) is 2.78. The molecule has 0 aromatic rings. The molecule has 0 amide bonds. The minimum Gasteiger partial charge on any atom is -0.379 e. The largest absolute Gasteiger partial charge is 0.379 e. The second-order valence-corrected chi connectivity index (χ2v) is 5.37. The lowest BCUT2D eigenvalue weighted by Gasteiger charge is -2.32. The van der Waals surface area contributed by atoms with E-state index in [1.807, 2.05) is 7.05 Å². The van der Waals surface area contributed by atoms with Gasteiger partial charge in [0.2, 0.25) is 0 Å². The zero-order chi connectivity index (χ0) is 12.1. The summed E-state index contributed by atoms with van der Waals surface area (Å²) in [6, 6.07) is 1.42. The van der Waals surface area contributed by atoms with E-state index >= 15 is 0 Å². The summed E-state index contributed by atoms with van der Waals surface area (Å²) in [5.41, 5.74) is 0. The van der Waals surface area contributed by atoms with E-state index in [2.05, 4.69) is 22.0 Å². The number of nitrogens with zero attached hydrogens (tertiary/aromatic N) is 2. The van der Waals surface area contributed by atoms with E-state index in [-0.39, 0.29) is 0 Å². The molecule has 100 valence electrons. The number of ether oxygens (including phenoxy) is 1. The first-order valence-corrected chi connectivity index (χ1v) is 7.01. The van der Waals surface area contributed by atoms with Crippen LogP contribution in [-0.4, -0.2) is 74.9 Å². The Hall–Kier alpha value is -0.160. The zero-order valence-corrected chi connectivity index (χ0v) is 11.3. The van der Waals surface area contributed by atoms with Crippen LogP contribution in [0.5, 0.6) is 0 Å². The topological polar surface area (TPSA) is 27.7 Å². The van der Waals surface area contributed by atoms with Crippen LogP contribution in [0.1, 0.15) is 19.8 Å². The average Bonchev–Trinajstić information content (AvgIpc) is 2.86. The van der Waals surface area contributed by atoms with Crippen molar-refractivity contribution in [1.29, 1.82) is 0 Å². The Morgan fingerprint density at radius 1 is 1.29 bits per heavy atom. The predicted molar refractivity (Wildman–Crippen MR) is 70.4 cm³/mol. The molecule has 2 aliphatic rings. The Morgan fingerprint density at radius 2 is 2.06 bits per heavy atom. The van der Waals surface area contributed by atoms with Gasteiger partial charge in [0.1, 0.15) is 0 Å². The summed E-state index contributed by atoms with van der Waals surface area (Å²) < 4.78 is 5.42. The van der Waals surface area contributed by atoms with Crippen molar-refractivity contribution in [2.24, 2.45) is 0 Å². The van der Waals surface area contributed by atoms with Gasteiger partial charge in [0.15, 0.2) is 0 Å². The normalized spacial score (nSPS) is 29.6. The van der Waals surface area contributed by atoms with Crippen LogP contribution < -0.4 is 5.32 Å². The summed E-state index contributed by atoms with van der Waals surface area (Å²) in [6.45, 7) is 10.1. The molecule has 0 aliphatic carbocycles. The molecule has 0 aromatic heterocycles. The molecular formula is C13H27N3O. The molecule has 2 saturated heterocycles. The monoisotopic (exact) mass is 241 g/mol. The maximum absolute atomic E-state index is 5.42. The number of nitrogens with one attached hydrogen (secondary N) is 1. The highest BCUT2D eigenvalue weighted by Gasteiger charge is 2.28. The second kappa shape index (κ2) is 6.69. The smallest absolute Gasteiger partial charge is 0.0594 e. The van der Waals surface area contributed by atoms with Gasteiger partial charge in [-0.05, 0) is 39.9 Å². The Balaban J connectivity index is 1.67. The molecule has 0 spiro atoms. The number of rotatable bonds is 5. The van der Waals surface area contributed by atoms with Crippen LogP contribution in [0, 0.1) is 0 Å². The molecule has 2 aliphatic heterocycles. The fourth-order valence-electron chi connectivity index (χ4n) is 2.78. The number of morpholine rings is 1. The molecule has 0 aromatic carbocycles. The minimum atomic E-state index is 0.637. The van der Waals surface area contributed by atoms with E-state index in [1.165, 1.54) is 32.5 Å². The van der Waals surface area contributed by atoms with E-state index in [0.29, 0.717) is 6.04 Å². The minimum absolute atomic E-state index is 0.637. The van der Waals surface area contributed by atoms with Gasteiger partial charge in [0.05, 0.1) is 13.2 Å². The fraction of sp³-hybridized carbons (Fsp3) is 1.00. The van der Waals surface area contributed by atoms with Crippen molar-refractivity contribution >= 4 is 0 Å². The molecule has 17 heavy (non-hydrogen) atoms. The van der Waals surface area contributed by atoms with Crippen LogP contribution in [-0.2, 0) is 4.74 Å². The van der Waals surface area contributed by atoms with Gasteiger partial charge >= 0.3 is 0 Å². The van der Waals surface area contributed by atoms with Crippen LogP contribution >= 0.6 is 0 Å². The Labute approximate surface area is 105 Å². The Kier molecular flexibility index (Phi) is 5.22. The first-order valence-electron chi connectivity index (χ1n) is 7.01. The van der Waals surface area contributed by atoms with Crippen molar-refractivity contribution in [2.75, 3.05) is 53.0 Å². The second-order valence-electron chi connectivity index (χ2n) is 5.37. The third-order valence-corrected chi connectivity index (χ3v) is 4.18. The summed E-state index contributed by atoms with van der Waals surface area (Å²) in [5, 5.41) is 3.31. The standard InChI is InChI=1S/C13H27N3O/c1-12(14-2)3-5-15-6-4-13(11-15)16-7-9-17-10-8-16/h12-14H,3-11H2,1-2H3. The lowest BCUT2D eigenvalue weighted by molar-refractivity contribution is 0.0185. The third kappa shape index (κ3) is 3.91. The van der Waals surface area contributed by atoms with Gasteiger partial charge in [-0.25, -0.2) is 0 Å². The predicted octanol–water partition coefficient (Wildman–Crippen LogP) is 0.391. The van der Waals surface area contributed by atoms with Crippen molar-refractivity contribution < 1.29 is 4.74 Å². The van der Waals surface area contributed by atoms with Crippen molar-refractivity contribution in [3.05, 3.63) is 0 Å². The van der Waals surface area contributed by atoms with E-state index in [1.54, 1.807) is 0 Å². The lowest BCUT2D eigenvalue weighted by atomic mass is 10.2. The van der Waals surface area contributed by atoms with E-state index in [0.717, 1.165) is 32.3 Å². The van der Waals surface area contributed by atoms with Crippen LogP contribution in [0.15, 0.2) is 0 Å². The van der Waals surface area contributed by atoms with Gasteiger partial charge in [0.25, 0.3) is 0 Å². The number of hydrogen-bond acceptors (Lipinski definition) is 4. The molecule has 2 rings (SSSR count). The quantitative estimate of drug-likeness (QED) is 0.754. The van der Waals surface area contributed by atoms with Crippen LogP contribution in [0.3, 0.4) is 0 Å². The molecule has 0 saturated carbocycles. The maximum Gasteiger partial charge on any atom is 0.0594 e. The van der Waals surface area contributed by atoms with E-state index < -0.39 is 0 Å². The molecular weight excluding hydrogens is 214 g/mol. The molecule has 2 atom stereocenters. The summed E-state index contributed by atoms with van der Waals surface area (Å²) >= 11 is 0. The Bertz CT molecular complexity index is 219. The van der Waals surface area contributed by atoms with Gasteiger partial charge in [0, 0.05) is 31.7 Å². The van der Waals surface area contributed by atoms with Crippen LogP contribution in [0.4, 0.5) is 0 Å². The highest BCUT2D eigenvalue weighted by atomic mass is 16.5. The molecule has 0 bridgehead atoms. The van der Waals surface area contributed by atoms with Crippen LogP contribution in [0.25, 0.3) is 0 Å². The lowest BCUT2D eigenvalue weighted by Crippen LogP contribution is -2.44. The van der Waals surface area contributed by atoms with Gasteiger partial charge in [-0.1, -0.05) is 0 Å².